The van der Waals surface area contributed by atoms with Crippen LogP contribution in [0.15, 0.2) is 18.2 Å². The largest absolute Gasteiger partial charge is 0.385 e. The molecular weight excluding hydrogens is 205 g/mol. The molecule has 1 aromatic carbocycles. The highest BCUT2D eigenvalue weighted by atomic mass is 19.1. The van der Waals surface area contributed by atoms with Crippen LogP contribution in [0, 0.1) is 12.7 Å². The molecule has 1 aromatic rings. The Bertz CT molecular complexity index is 370. The van der Waals surface area contributed by atoms with Gasteiger partial charge in [0, 0.05) is 0 Å². The maximum absolute atomic E-state index is 13.0. The van der Waals surface area contributed by atoms with Crippen LogP contribution in [0.25, 0.3) is 0 Å². The Morgan fingerprint density at radius 1 is 1.31 bits per heavy atom. The van der Waals surface area contributed by atoms with Crippen molar-refractivity contribution in [3.63, 3.8) is 0 Å². The Morgan fingerprint density at radius 2 is 2.12 bits per heavy atom. The Kier molecular flexibility index (Phi) is 3.26. The molecule has 0 aromatic heterocycles. The van der Waals surface area contributed by atoms with E-state index >= 15 is 0 Å². The van der Waals surface area contributed by atoms with E-state index in [1.807, 2.05) is 6.92 Å². The van der Waals surface area contributed by atoms with Gasteiger partial charge in [0.1, 0.15) is 5.82 Å². The van der Waals surface area contributed by atoms with Crippen LogP contribution in [-0.2, 0) is 5.60 Å². The number of benzene rings is 1. The van der Waals surface area contributed by atoms with Gasteiger partial charge in [-0.2, -0.15) is 0 Å². The van der Waals surface area contributed by atoms with E-state index in [9.17, 15) is 9.50 Å². The lowest BCUT2D eigenvalue weighted by atomic mass is 9.84. The van der Waals surface area contributed by atoms with Crippen molar-refractivity contribution in [1.82, 2.24) is 5.32 Å². The van der Waals surface area contributed by atoms with E-state index < -0.39 is 5.60 Å². The normalized spacial score (nSPS) is 26.4. The predicted molar refractivity (Wildman–Crippen MR) is 61.8 cm³/mol. The highest BCUT2D eigenvalue weighted by molar-refractivity contribution is 5.32. The molecule has 1 aliphatic rings. The van der Waals surface area contributed by atoms with Crippen LogP contribution in [0.5, 0.6) is 0 Å². The third-order valence-corrected chi connectivity index (χ3v) is 3.35. The van der Waals surface area contributed by atoms with E-state index in [1.165, 1.54) is 12.1 Å². The van der Waals surface area contributed by atoms with Gasteiger partial charge < -0.3 is 10.4 Å². The second-order valence-electron chi connectivity index (χ2n) is 4.59. The minimum Gasteiger partial charge on any atom is -0.385 e. The molecule has 1 fully saturated rings. The standard InChI is InChI=1S/C13H18FNO/c1-10-9-11(14)3-4-12(10)13(16)5-2-7-15-8-6-13/h3-4,9,15-16H,2,5-8H2,1H3. The average molecular weight is 223 g/mol. The van der Waals surface area contributed by atoms with Gasteiger partial charge in [-0.3, -0.25) is 0 Å². The summed E-state index contributed by atoms with van der Waals surface area (Å²) in [5.41, 5.74) is 0.920. The molecule has 0 aliphatic carbocycles. The van der Waals surface area contributed by atoms with Gasteiger partial charge in [-0.15, -0.1) is 0 Å². The first kappa shape index (κ1) is 11.6. The van der Waals surface area contributed by atoms with Crippen LogP contribution in [0.1, 0.15) is 30.4 Å². The fourth-order valence-corrected chi connectivity index (χ4v) is 2.47. The van der Waals surface area contributed by atoms with Gasteiger partial charge in [0.15, 0.2) is 0 Å². The maximum atomic E-state index is 13.0. The van der Waals surface area contributed by atoms with Crippen molar-refractivity contribution < 1.29 is 9.50 Å². The van der Waals surface area contributed by atoms with Gasteiger partial charge in [-0.25, -0.2) is 4.39 Å². The number of hydrogen-bond acceptors (Lipinski definition) is 2. The molecule has 1 atom stereocenters. The van der Waals surface area contributed by atoms with Crippen molar-refractivity contribution in [1.29, 1.82) is 0 Å². The minimum atomic E-state index is -0.790. The summed E-state index contributed by atoms with van der Waals surface area (Å²) in [5, 5.41) is 13.9. The molecule has 3 heteroatoms. The molecule has 1 saturated heterocycles. The number of aryl methyl sites for hydroxylation is 1. The molecule has 1 heterocycles. The summed E-state index contributed by atoms with van der Waals surface area (Å²) in [5.74, 6) is -0.239. The fourth-order valence-electron chi connectivity index (χ4n) is 2.47. The molecule has 16 heavy (non-hydrogen) atoms. The van der Waals surface area contributed by atoms with E-state index in [-0.39, 0.29) is 5.82 Å². The van der Waals surface area contributed by atoms with Crippen molar-refractivity contribution in [3.8, 4) is 0 Å². The SMILES string of the molecule is Cc1cc(F)ccc1C1(O)CCCNCC1. The van der Waals surface area contributed by atoms with E-state index in [0.717, 1.165) is 37.1 Å². The molecule has 2 rings (SSSR count). The predicted octanol–water partition coefficient (Wildman–Crippen LogP) is 2.10. The molecule has 0 amide bonds. The van der Waals surface area contributed by atoms with Gasteiger partial charge in [0.2, 0.25) is 0 Å². The summed E-state index contributed by atoms with van der Waals surface area (Å²) >= 11 is 0. The van der Waals surface area contributed by atoms with Crippen molar-refractivity contribution in [2.45, 2.75) is 31.8 Å². The Hall–Kier alpha value is -0.930. The lowest BCUT2D eigenvalue weighted by Crippen LogP contribution is -2.28. The van der Waals surface area contributed by atoms with Crippen LogP contribution in [0.3, 0.4) is 0 Å². The lowest BCUT2D eigenvalue weighted by molar-refractivity contribution is 0.0234. The van der Waals surface area contributed by atoms with Gasteiger partial charge in [-0.05, 0) is 62.5 Å². The number of hydrogen-bond donors (Lipinski definition) is 2. The zero-order valence-electron chi connectivity index (χ0n) is 9.59. The fraction of sp³-hybridized carbons (Fsp3) is 0.538. The van der Waals surface area contributed by atoms with Crippen LogP contribution in [0.4, 0.5) is 4.39 Å². The first-order valence-electron chi connectivity index (χ1n) is 5.81. The number of rotatable bonds is 1. The molecule has 1 unspecified atom stereocenters. The molecule has 0 saturated carbocycles. The summed E-state index contributed by atoms with van der Waals surface area (Å²) in [6.45, 7) is 3.62. The summed E-state index contributed by atoms with van der Waals surface area (Å²) in [7, 11) is 0. The topological polar surface area (TPSA) is 32.3 Å². The van der Waals surface area contributed by atoms with Crippen molar-refractivity contribution in [3.05, 3.63) is 35.1 Å². The zero-order valence-corrected chi connectivity index (χ0v) is 9.59. The van der Waals surface area contributed by atoms with Gasteiger partial charge in [0.05, 0.1) is 5.60 Å². The number of nitrogens with one attached hydrogen (secondary N) is 1. The minimum absolute atomic E-state index is 0.239. The van der Waals surface area contributed by atoms with Crippen LogP contribution in [-0.4, -0.2) is 18.2 Å². The lowest BCUT2D eigenvalue weighted by Gasteiger charge is -2.28. The molecular formula is C13H18FNO. The summed E-state index contributed by atoms with van der Waals surface area (Å²) in [6, 6.07) is 4.64. The van der Waals surface area contributed by atoms with E-state index in [0.29, 0.717) is 6.42 Å². The third kappa shape index (κ3) is 2.25. The second-order valence-corrected chi connectivity index (χ2v) is 4.59. The zero-order chi connectivity index (χ0) is 11.6. The first-order chi connectivity index (χ1) is 7.62. The van der Waals surface area contributed by atoms with Gasteiger partial charge >= 0.3 is 0 Å². The molecule has 2 N–H and O–H groups in total. The highest BCUT2D eigenvalue weighted by Crippen LogP contribution is 2.33. The van der Waals surface area contributed by atoms with E-state index in [2.05, 4.69) is 5.32 Å². The monoisotopic (exact) mass is 223 g/mol. The first-order valence-corrected chi connectivity index (χ1v) is 5.81. The molecule has 88 valence electrons. The van der Waals surface area contributed by atoms with Crippen LogP contribution >= 0.6 is 0 Å². The summed E-state index contributed by atoms with van der Waals surface area (Å²) < 4.78 is 13.0. The van der Waals surface area contributed by atoms with E-state index in [1.54, 1.807) is 6.07 Å². The van der Waals surface area contributed by atoms with E-state index in [4.69, 9.17) is 0 Å². The Morgan fingerprint density at radius 3 is 2.88 bits per heavy atom. The molecule has 1 aliphatic heterocycles. The second kappa shape index (κ2) is 4.52. The quantitative estimate of drug-likeness (QED) is 0.764. The molecule has 0 radical (unpaired) electrons. The summed E-state index contributed by atoms with van der Waals surface area (Å²) in [4.78, 5) is 0. The number of aliphatic hydroxyl groups is 1. The highest BCUT2D eigenvalue weighted by Gasteiger charge is 2.31. The molecule has 2 nitrogen and oxygen atoms in total. The smallest absolute Gasteiger partial charge is 0.123 e. The molecule has 0 spiro atoms. The van der Waals surface area contributed by atoms with Crippen molar-refractivity contribution in [2.75, 3.05) is 13.1 Å². The van der Waals surface area contributed by atoms with Crippen LogP contribution < -0.4 is 5.32 Å². The number of halogens is 1. The van der Waals surface area contributed by atoms with Crippen LogP contribution in [0.2, 0.25) is 0 Å². The van der Waals surface area contributed by atoms with Gasteiger partial charge in [0.25, 0.3) is 0 Å². The summed E-state index contributed by atoms with van der Waals surface area (Å²) in [6.07, 6.45) is 2.39. The average Bonchev–Trinajstić information content (AvgIpc) is 2.43. The maximum Gasteiger partial charge on any atom is 0.123 e. The van der Waals surface area contributed by atoms with Crippen molar-refractivity contribution >= 4 is 0 Å². The third-order valence-electron chi connectivity index (χ3n) is 3.35. The molecule has 0 bridgehead atoms. The Balaban J connectivity index is 2.33. The van der Waals surface area contributed by atoms with Crippen molar-refractivity contribution in [2.24, 2.45) is 0 Å². The Labute approximate surface area is 95.5 Å². The van der Waals surface area contributed by atoms with Gasteiger partial charge in [-0.1, -0.05) is 6.07 Å².